The highest BCUT2D eigenvalue weighted by molar-refractivity contribution is 6.01. The summed E-state index contributed by atoms with van der Waals surface area (Å²) >= 11 is 0. The number of amides is 3. The Morgan fingerprint density at radius 1 is 0.319 bits per heavy atom. The van der Waals surface area contributed by atoms with Gasteiger partial charge in [0.05, 0.1) is 211 Å². The molecule has 3 amide bonds. The van der Waals surface area contributed by atoms with Crippen LogP contribution in [0.25, 0.3) is 0 Å². The molecule has 0 aromatic heterocycles. The molecule has 0 aliphatic heterocycles. The second kappa shape index (κ2) is 63.1. The Morgan fingerprint density at radius 3 is 0.777 bits per heavy atom. The van der Waals surface area contributed by atoms with Gasteiger partial charge in [-0.15, -0.1) is 0 Å². The Morgan fingerprint density at radius 2 is 0.543 bits per heavy atom. The first-order valence-corrected chi connectivity index (χ1v) is 33.5. The lowest BCUT2D eigenvalue weighted by atomic mass is 9.92. The molecule has 542 valence electrons. The smallest absolute Gasteiger partial charge is 0.254 e. The molecular weight excluding hydrogens is 1230 g/mol. The molecule has 27 heteroatoms. The number of carbonyl (C=O) groups is 8. The molecule has 0 heterocycles. The van der Waals surface area contributed by atoms with Crippen molar-refractivity contribution in [2.24, 2.45) is 17.8 Å². The first-order valence-electron chi connectivity index (χ1n) is 33.5. The number of Topliss-reactive ketones (excluding diaryl/α,β-unsaturated/α-hetero) is 5. The second-order valence-electron chi connectivity index (χ2n) is 21.5. The van der Waals surface area contributed by atoms with Crippen molar-refractivity contribution in [2.75, 3.05) is 238 Å². The Balaban J connectivity index is 2.13. The van der Waals surface area contributed by atoms with Gasteiger partial charge >= 0.3 is 0 Å². The van der Waals surface area contributed by atoms with Crippen LogP contribution in [0.2, 0.25) is 0 Å². The minimum Gasteiger partial charge on any atom is -0.379 e. The maximum atomic E-state index is 13.7. The van der Waals surface area contributed by atoms with Gasteiger partial charge < -0.3 is 91.3 Å². The van der Waals surface area contributed by atoms with E-state index in [0.717, 1.165) is 4.90 Å². The molecule has 94 heavy (non-hydrogen) atoms. The number of nitrogens with zero attached hydrogens (tertiary/aromatic N) is 1. The molecule has 0 aliphatic rings. The average Bonchev–Trinajstić information content (AvgIpc) is 0.884. The molecule has 0 saturated carbocycles. The summed E-state index contributed by atoms with van der Waals surface area (Å²) in [5, 5.41) is 5.46. The fourth-order valence-corrected chi connectivity index (χ4v) is 8.60. The summed E-state index contributed by atoms with van der Waals surface area (Å²) in [5.41, 5.74) is 0.708. The van der Waals surface area contributed by atoms with Gasteiger partial charge in [0, 0.05) is 67.7 Å². The van der Waals surface area contributed by atoms with Crippen LogP contribution in [0.4, 0.5) is 0 Å². The van der Waals surface area contributed by atoms with Gasteiger partial charge in [-0.1, -0.05) is 39.8 Å². The fraction of sp³-hybridized carbons (Fsp3) is 0.791. The maximum Gasteiger partial charge on any atom is 0.254 e. The summed E-state index contributed by atoms with van der Waals surface area (Å²) in [6.07, 6.45) is 3.85. The van der Waals surface area contributed by atoms with E-state index in [1.807, 2.05) is 27.7 Å². The lowest BCUT2D eigenvalue weighted by molar-refractivity contribution is -0.127. The van der Waals surface area contributed by atoms with Gasteiger partial charge in [0.2, 0.25) is 11.8 Å². The lowest BCUT2D eigenvalue weighted by Gasteiger charge is -2.22. The summed E-state index contributed by atoms with van der Waals surface area (Å²) in [4.78, 5) is 101. The summed E-state index contributed by atoms with van der Waals surface area (Å²) in [6.45, 7) is 22.1. The quantitative estimate of drug-likeness (QED) is 0.0683. The topological polar surface area (TPSA) is 312 Å². The van der Waals surface area contributed by atoms with Gasteiger partial charge in [-0.2, -0.15) is 0 Å². The minimum absolute atomic E-state index is 0.00630. The Hall–Kier alpha value is -4.66. The van der Waals surface area contributed by atoms with Crippen molar-refractivity contribution in [3.8, 4) is 0 Å². The van der Waals surface area contributed by atoms with E-state index in [9.17, 15) is 38.4 Å². The normalized spacial score (nSPS) is 12.1. The molecule has 2 unspecified atom stereocenters. The number of carbonyl (C=O) groups excluding carboxylic acids is 8. The Labute approximate surface area is 558 Å². The number of ether oxygens (including phenoxy) is 16. The van der Waals surface area contributed by atoms with E-state index in [0.29, 0.717) is 229 Å². The van der Waals surface area contributed by atoms with Crippen LogP contribution in [0.3, 0.4) is 0 Å². The fourth-order valence-electron chi connectivity index (χ4n) is 8.60. The third-order valence-corrected chi connectivity index (χ3v) is 14.2. The summed E-state index contributed by atoms with van der Waals surface area (Å²) in [6, 6.07) is 6.25. The molecule has 27 nitrogen and oxygen atoms in total. The molecular formula is C67H115N3O24. The van der Waals surface area contributed by atoms with Gasteiger partial charge in [0.1, 0.15) is 36.2 Å². The van der Waals surface area contributed by atoms with Crippen LogP contribution >= 0.6 is 0 Å². The minimum atomic E-state index is -0.553. The van der Waals surface area contributed by atoms with Crippen molar-refractivity contribution in [1.82, 2.24) is 15.5 Å². The van der Waals surface area contributed by atoms with Gasteiger partial charge in [0.25, 0.3) is 5.91 Å². The van der Waals surface area contributed by atoms with Crippen molar-refractivity contribution in [1.29, 1.82) is 0 Å². The van der Waals surface area contributed by atoms with Gasteiger partial charge in [0.15, 0.2) is 5.78 Å². The number of hydrogen-bond acceptors (Lipinski definition) is 24. The zero-order valence-electron chi connectivity index (χ0n) is 57.4. The lowest BCUT2D eigenvalue weighted by Crippen LogP contribution is -2.46. The Kier molecular flexibility index (Phi) is 58.6. The predicted octanol–water partition coefficient (Wildman–Crippen LogP) is 4.17. The largest absolute Gasteiger partial charge is 0.379 e. The highest BCUT2D eigenvalue weighted by atomic mass is 16.6. The van der Waals surface area contributed by atoms with E-state index < -0.39 is 30.8 Å². The van der Waals surface area contributed by atoms with E-state index in [2.05, 4.69) is 10.6 Å². The molecule has 1 aromatic carbocycles. The zero-order chi connectivity index (χ0) is 68.8. The number of hydrogen-bond donors (Lipinski definition) is 2. The van der Waals surface area contributed by atoms with Crippen molar-refractivity contribution in [3.63, 3.8) is 0 Å². The van der Waals surface area contributed by atoms with E-state index in [1.165, 1.54) is 26.0 Å². The predicted molar refractivity (Wildman–Crippen MR) is 347 cm³/mol. The van der Waals surface area contributed by atoms with Crippen LogP contribution in [0.5, 0.6) is 0 Å². The molecule has 0 saturated heterocycles. The van der Waals surface area contributed by atoms with Crippen LogP contribution in [-0.4, -0.2) is 289 Å². The molecule has 2 N–H and O–H groups in total. The SMILES string of the molecule is CCC(CC(=O)CCOCCOCCOCCOCCOCCOCCOCCOCCNC(=O)CN(CC(=O)NCCOCCOCCOCCOCCOCCOCCOCCOCCC(=O)CC(CC)C(C)=O)C(=O)c1ccc(C(=O)C(CC)CC)cc1)C(C)=O. The van der Waals surface area contributed by atoms with Crippen molar-refractivity contribution in [2.45, 2.75) is 92.9 Å². The van der Waals surface area contributed by atoms with Gasteiger partial charge in [-0.25, -0.2) is 0 Å². The van der Waals surface area contributed by atoms with E-state index in [-0.39, 0.29) is 105 Å². The number of benzene rings is 1. The standard InChI is InChI=1S/C67H115N3O24/c1-7-57(8-2)66(77)60-11-13-61(14-12-60)67(78)70(53-64(75)68-17-21-81-25-29-85-33-37-89-41-45-93-49-47-91-43-39-87-35-31-83-27-23-79-19-15-62(73)51-58(9-3)55(5)71)54-65(76)69-18-22-82-26-30-86-34-38-90-42-46-94-50-48-92-44-40-88-36-32-84-28-24-80-20-16-63(74)52-59(10-4)56(6)72/h11-14,57-59H,7-10,15-54H2,1-6H3,(H,68,75)(H,69,76). The van der Waals surface area contributed by atoms with Crippen LogP contribution in [0.1, 0.15) is 114 Å². The third-order valence-electron chi connectivity index (χ3n) is 14.2. The molecule has 0 radical (unpaired) electrons. The second-order valence-corrected chi connectivity index (χ2v) is 21.5. The number of rotatable bonds is 71. The van der Waals surface area contributed by atoms with Crippen LogP contribution in [0.15, 0.2) is 24.3 Å². The molecule has 1 aromatic rings. The van der Waals surface area contributed by atoms with Crippen molar-refractivity contribution in [3.05, 3.63) is 35.4 Å². The van der Waals surface area contributed by atoms with Gasteiger partial charge in [-0.05, 0) is 51.7 Å². The Bertz CT molecular complexity index is 1980. The van der Waals surface area contributed by atoms with E-state index in [4.69, 9.17) is 75.8 Å². The molecule has 2 atom stereocenters. The van der Waals surface area contributed by atoms with E-state index in [1.54, 1.807) is 12.1 Å². The molecule has 1 rings (SSSR count). The zero-order valence-corrected chi connectivity index (χ0v) is 57.4. The summed E-state index contributed by atoms with van der Waals surface area (Å²) < 4.78 is 88.2. The van der Waals surface area contributed by atoms with Crippen LogP contribution in [0, 0.1) is 17.8 Å². The molecule has 0 fully saturated rings. The number of nitrogens with one attached hydrogen (secondary N) is 2. The van der Waals surface area contributed by atoms with Gasteiger partial charge in [-0.3, -0.25) is 38.4 Å². The summed E-state index contributed by atoms with van der Waals surface area (Å²) in [5.74, 6) is -1.91. The average molecular weight is 1350 g/mol. The first-order chi connectivity index (χ1) is 45.8. The molecule has 0 spiro atoms. The molecule has 0 bridgehead atoms. The summed E-state index contributed by atoms with van der Waals surface area (Å²) in [7, 11) is 0. The first kappa shape index (κ1) is 87.4. The number of ketones is 5. The third kappa shape index (κ3) is 50.7. The van der Waals surface area contributed by atoms with Crippen molar-refractivity contribution >= 4 is 46.6 Å². The van der Waals surface area contributed by atoms with Crippen molar-refractivity contribution < 1.29 is 114 Å². The van der Waals surface area contributed by atoms with Crippen LogP contribution < -0.4 is 10.6 Å². The monoisotopic (exact) mass is 1350 g/mol. The molecule has 0 aliphatic carbocycles. The van der Waals surface area contributed by atoms with Crippen LogP contribution in [-0.2, 0) is 105 Å². The highest BCUT2D eigenvalue weighted by Gasteiger charge is 2.24. The highest BCUT2D eigenvalue weighted by Crippen LogP contribution is 2.18. The maximum absolute atomic E-state index is 13.7. The van der Waals surface area contributed by atoms with E-state index >= 15 is 0 Å².